The largest absolute Gasteiger partial charge is 0.460 e. The molecule has 3 aromatic rings. The number of nitrogens with zero attached hydrogens (tertiary/aromatic N) is 2. The summed E-state index contributed by atoms with van der Waals surface area (Å²) in [5, 5.41) is 4.25. The lowest BCUT2D eigenvalue weighted by Crippen LogP contribution is -1.97. The first-order valence-electron chi connectivity index (χ1n) is 6.05. The first-order chi connectivity index (χ1) is 9.69. The van der Waals surface area contributed by atoms with E-state index in [1.54, 1.807) is 37.3 Å². The van der Waals surface area contributed by atoms with Crippen LogP contribution >= 0.6 is 0 Å². The molecule has 0 spiro atoms. The molecule has 0 aliphatic rings. The second-order valence-electron chi connectivity index (χ2n) is 4.36. The zero-order valence-corrected chi connectivity index (χ0v) is 10.7. The summed E-state index contributed by atoms with van der Waals surface area (Å²) in [6.45, 7) is 1.80. The van der Waals surface area contributed by atoms with Crippen molar-refractivity contribution >= 4 is 6.29 Å². The lowest BCUT2D eigenvalue weighted by Gasteiger charge is -2.01. The summed E-state index contributed by atoms with van der Waals surface area (Å²) in [6.07, 6.45) is 2.16. The maximum Gasteiger partial charge on any atom is 0.155 e. The zero-order valence-electron chi connectivity index (χ0n) is 10.7. The Morgan fingerprint density at radius 2 is 2.05 bits per heavy atom. The van der Waals surface area contributed by atoms with Crippen LogP contribution in [0, 0.1) is 12.7 Å². The number of benzene rings is 1. The predicted molar refractivity (Wildman–Crippen MR) is 71.3 cm³/mol. The van der Waals surface area contributed by atoms with Crippen molar-refractivity contribution < 1.29 is 13.6 Å². The molecule has 2 aromatic heterocycles. The highest BCUT2D eigenvalue weighted by Crippen LogP contribution is 2.25. The van der Waals surface area contributed by atoms with Gasteiger partial charge < -0.3 is 4.42 Å². The number of rotatable bonds is 3. The second-order valence-corrected chi connectivity index (χ2v) is 4.36. The third kappa shape index (κ3) is 2.03. The van der Waals surface area contributed by atoms with Crippen LogP contribution in [0.5, 0.6) is 0 Å². The van der Waals surface area contributed by atoms with Gasteiger partial charge in [0.15, 0.2) is 12.0 Å². The van der Waals surface area contributed by atoms with Gasteiger partial charge in [-0.1, -0.05) is 12.1 Å². The number of hydrogen-bond acceptors (Lipinski definition) is 3. The van der Waals surface area contributed by atoms with E-state index in [9.17, 15) is 9.18 Å². The minimum absolute atomic E-state index is 0.283. The van der Waals surface area contributed by atoms with E-state index in [-0.39, 0.29) is 5.69 Å². The lowest BCUT2D eigenvalue weighted by atomic mass is 10.2. The van der Waals surface area contributed by atoms with E-state index < -0.39 is 5.82 Å². The summed E-state index contributed by atoms with van der Waals surface area (Å²) >= 11 is 0. The molecule has 0 unspecified atom stereocenters. The van der Waals surface area contributed by atoms with Crippen molar-refractivity contribution in [2.24, 2.45) is 0 Å². The van der Waals surface area contributed by atoms with Gasteiger partial charge in [0.1, 0.15) is 23.0 Å². The Morgan fingerprint density at radius 3 is 2.70 bits per heavy atom. The smallest absolute Gasteiger partial charge is 0.155 e. The molecule has 5 heteroatoms. The maximum absolute atomic E-state index is 13.8. The molecular weight excluding hydrogens is 259 g/mol. The van der Waals surface area contributed by atoms with Crippen molar-refractivity contribution in [3.8, 4) is 17.1 Å². The fourth-order valence-corrected chi connectivity index (χ4v) is 1.99. The molecule has 0 bridgehead atoms. The van der Waals surface area contributed by atoms with Crippen molar-refractivity contribution in [1.29, 1.82) is 0 Å². The maximum atomic E-state index is 13.8. The Kier molecular flexibility index (Phi) is 2.95. The van der Waals surface area contributed by atoms with Crippen LogP contribution in [0.15, 0.2) is 47.0 Å². The van der Waals surface area contributed by atoms with E-state index >= 15 is 0 Å². The van der Waals surface area contributed by atoms with Gasteiger partial charge in [-0.3, -0.25) is 4.79 Å². The Hall–Kier alpha value is -2.69. The van der Waals surface area contributed by atoms with Crippen LogP contribution in [0.4, 0.5) is 4.39 Å². The quantitative estimate of drug-likeness (QED) is 0.685. The Balaban J connectivity index is 2.14. The average molecular weight is 270 g/mol. The fraction of sp³-hybridized carbons (Fsp3) is 0.0667. The Morgan fingerprint density at radius 1 is 1.25 bits per heavy atom. The number of halogens is 1. The van der Waals surface area contributed by atoms with E-state index in [0.717, 1.165) is 5.76 Å². The molecule has 0 aliphatic heterocycles. The van der Waals surface area contributed by atoms with E-state index in [4.69, 9.17) is 4.42 Å². The topological polar surface area (TPSA) is 48.0 Å². The number of aldehydes is 1. The Bertz CT molecular complexity index is 774. The number of aryl methyl sites for hydroxylation is 1. The highest BCUT2D eigenvalue weighted by Gasteiger charge is 2.15. The highest BCUT2D eigenvalue weighted by atomic mass is 19.1. The molecule has 20 heavy (non-hydrogen) atoms. The van der Waals surface area contributed by atoms with Gasteiger partial charge in [0.2, 0.25) is 0 Å². The van der Waals surface area contributed by atoms with Crippen LogP contribution < -0.4 is 0 Å². The van der Waals surface area contributed by atoms with Gasteiger partial charge in [0.05, 0.1) is 5.56 Å². The van der Waals surface area contributed by atoms with Crippen molar-refractivity contribution in [2.45, 2.75) is 6.92 Å². The third-order valence-electron chi connectivity index (χ3n) is 2.94. The van der Waals surface area contributed by atoms with Crippen LogP contribution in [-0.4, -0.2) is 16.1 Å². The molecule has 0 saturated carbocycles. The first-order valence-corrected chi connectivity index (χ1v) is 6.05. The summed E-state index contributed by atoms with van der Waals surface area (Å²) in [7, 11) is 0. The van der Waals surface area contributed by atoms with Crippen LogP contribution in [0.1, 0.15) is 16.1 Å². The van der Waals surface area contributed by atoms with Gasteiger partial charge in [-0.15, -0.1) is 0 Å². The summed E-state index contributed by atoms with van der Waals surface area (Å²) in [4.78, 5) is 11.1. The monoisotopic (exact) mass is 270 g/mol. The van der Waals surface area contributed by atoms with Crippen LogP contribution in [0.2, 0.25) is 0 Å². The van der Waals surface area contributed by atoms with Gasteiger partial charge in [0, 0.05) is 6.20 Å². The number of furan rings is 1. The SMILES string of the molecule is Cc1ccc(-c2nn(-c3ccccc3F)cc2C=O)o1. The molecule has 0 amide bonds. The summed E-state index contributed by atoms with van der Waals surface area (Å²) in [6, 6.07) is 9.75. The molecule has 0 atom stereocenters. The minimum Gasteiger partial charge on any atom is -0.460 e. The molecule has 0 fully saturated rings. The normalized spacial score (nSPS) is 10.7. The number of carbonyl (C=O) groups is 1. The number of carbonyl (C=O) groups excluding carboxylic acids is 1. The van der Waals surface area contributed by atoms with Gasteiger partial charge in [0.25, 0.3) is 0 Å². The molecule has 0 saturated heterocycles. The first kappa shape index (κ1) is 12.3. The summed E-state index contributed by atoms with van der Waals surface area (Å²) in [5.41, 5.74) is 1.03. The molecule has 2 heterocycles. The predicted octanol–water partition coefficient (Wildman–Crippen LogP) is 3.39. The van der Waals surface area contributed by atoms with Gasteiger partial charge in [-0.2, -0.15) is 5.10 Å². The van der Waals surface area contributed by atoms with Crippen LogP contribution in [0.3, 0.4) is 0 Å². The molecule has 4 nitrogen and oxygen atoms in total. The van der Waals surface area contributed by atoms with E-state index in [0.29, 0.717) is 23.3 Å². The van der Waals surface area contributed by atoms with Gasteiger partial charge >= 0.3 is 0 Å². The molecule has 0 radical (unpaired) electrons. The zero-order chi connectivity index (χ0) is 14.1. The van der Waals surface area contributed by atoms with Crippen molar-refractivity contribution in [1.82, 2.24) is 9.78 Å². The fourth-order valence-electron chi connectivity index (χ4n) is 1.99. The number of aromatic nitrogens is 2. The lowest BCUT2D eigenvalue weighted by molar-refractivity contribution is 0.112. The third-order valence-corrected chi connectivity index (χ3v) is 2.94. The van der Waals surface area contributed by atoms with E-state index in [2.05, 4.69) is 5.10 Å². The van der Waals surface area contributed by atoms with Crippen molar-refractivity contribution in [3.63, 3.8) is 0 Å². The van der Waals surface area contributed by atoms with Crippen LogP contribution in [0.25, 0.3) is 17.1 Å². The number of hydrogen-bond donors (Lipinski definition) is 0. The van der Waals surface area contributed by atoms with Gasteiger partial charge in [-0.05, 0) is 31.2 Å². The second kappa shape index (κ2) is 4.77. The molecule has 1 aromatic carbocycles. The molecule has 0 aliphatic carbocycles. The standard InChI is InChI=1S/C15H11FN2O2/c1-10-6-7-14(20-10)15-11(9-19)8-18(17-15)13-5-3-2-4-12(13)16/h2-9H,1H3. The molecular formula is C15H11FN2O2. The van der Waals surface area contributed by atoms with Gasteiger partial charge in [-0.25, -0.2) is 9.07 Å². The average Bonchev–Trinajstić information content (AvgIpc) is 3.05. The van der Waals surface area contributed by atoms with E-state index in [1.165, 1.54) is 16.9 Å². The van der Waals surface area contributed by atoms with E-state index in [1.807, 2.05) is 0 Å². The molecule has 3 rings (SSSR count). The van der Waals surface area contributed by atoms with Crippen molar-refractivity contribution in [3.05, 3.63) is 59.7 Å². The Labute approximate surface area is 114 Å². The van der Waals surface area contributed by atoms with Crippen LogP contribution in [-0.2, 0) is 0 Å². The summed E-state index contributed by atoms with van der Waals surface area (Å²) in [5.74, 6) is 0.798. The molecule has 100 valence electrons. The highest BCUT2D eigenvalue weighted by molar-refractivity contribution is 5.84. The van der Waals surface area contributed by atoms with Crippen molar-refractivity contribution in [2.75, 3.05) is 0 Å². The molecule has 0 N–H and O–H groups in total. The summed E-state index contributed by atoms with van der Waals surface area (Å²) < 4.78 is 20.6. The number of para-hydroxylation sites is 1. The minimum atomic E-state index is -0.408.